The van der Waals surface area contributed by atoms with Gasteiger partial charge in [0.15, 0.2) is 5.96 Å². The van der Waals surface area contributed by atoms with Crippen LogP contribution in [0.5, 0.6) is 5.75 Å². The standard InChI is InChI=1S/C19H24ClN5O/c1-21-19(23-12-15-5-3-4-9-22-15)24-16-8-10-25(13-16)17-11-14(20)6-7-18(17)26-2/h3-7,9,11,16H,8,10,12-13H2,1-2H3,(H2,21,23,24). The summed E-state index contributed by atoms with van der Waals surface area (Å²) in [6, 6.07) is 11.9. The van der Waals surface area contributed by atoms with Crippen molar-refractivity contribution in [3.63, 3.8) is 0 Å². The lowest BCUT2D eigenvalue weighted by molar-refractivity contribution is 0.415. The Bertz CT molecular complexity index is 753. The second-order valence-corrected chi connectivity index (χ2v) is 6.58. The number of hydrogen-bond acceptors (Lipinski definition) is 4. The van der Waals surface area contributed by atoms with Crippen molar-refractivity contribution < 1.29 is 4.74 Å². The largest absolute Gasteiger partial charge is 0.495 e. The van der Waals surface area contributed by atoms with Gasteiger partial charge < -0.3 is 20.3 Å². The van der Waals surface area contributed by atoms with Gasteiger partial charge in [0.1, 0.15) is 5.75 Å². The third-order valence-electron chi connectivity index (χ3n) is 4.40. The van der Waals surface area contributed by atoms with Crippen LogP contribution in [-0.2, 0) is 6.54 Å². The zero-order chi connectivity index (χ0) is 18.4. The minimum absolute atomic E-state index is 0.300. The van der Waals surface area contributed by atoms with Crippen LogP contribution in [0.25, 0.3) is 0 Å². The van der Waals surface area contributed by atoms with Gasteiger partial charge in [-0.05, 0) is 36.8 Å². The number of methoxy groups -OCH3 is 1. The number of aliphatic imine (C=N–C) groups is 1. The molecule has 26 heavy (non-hydrogen) atoms. The lowest BCUT2D eigenvalue weighted by Crippen LogP contribution is -2.44. The number of hydrogen-bond donors (Lipinski definition) is 2. The van der Waals surface area contributed by atoms with Crippen LogP contribution in [-0.4, -0.2) is 44.2 Å². The highest BCUT2D eigenvalue weighted by Crippen LogP contribution is 2.33. The molecule has 0 aliphatic carbocycles. The van der Waals surface area contributed by atoms with Crippen molar-refractivity contribution in [3.05, 3.63) is 53.3 Å². The lowest BCUT2D eigenvalue weighted by Gasteiger charge is -2.22. The molecule has 1 aromatic heterocycles. The molecule has 1 saturated heterocycles. The van der Waals surface area contributed by atoms with E-state index < -0.39 is 0 Å². The number of aromatic nitrogens is 1. The Morgan fingerprint density at radius 1 is 1.38 bits per heavy atom. The number of nitrogens with one attached hydrogen (secondary N) is 2. The van der Waals surface area contributed by atoms with Crippen LogP contribution in [0.4, 0.5) is 5.69 Å². The van der Waals surface area contributed by atoms with Gasteiger partial charge in [0.05, 0.1) is 25.0 Å². The predicted octanol–water partition coefficient (Wildman–Crippen LogP) is 2.69. The Labute approximate surface area is 159 Å². The molecule has 0 amide bonds. The molecule has 2 N–H and O–H groups in total. The molecular weight excluding hydrogens is 350 g/mol. The third-order valence-corrected chi connectivity index (χ3v) is 4.63. The van der Waals surface area contributed by atoms with Crippen molar-refractivity contribution in [2.45, 2.75) is 19.0 Å². The molecule has 1 unspecified atom stereocenters. The van der Waals surface area contributed by atoms with Gasteiger partial charge in [-0.25, -0.2) is 0 Å². The maximum atomic E-state index is 6.16. The average molecular weight is 374 g/mol. The molecule has 2 heterocycles. The Morgan fingerprint density at radius 3 is 3.00 bits per heavy atom. The van der Waals surface area contributed by atoms with Gasteiger partial charge in [0.2, 0.25) is 0 Å². The van der Waals surface area contributed by atoms with Gasteiger partial charge in [-0.2, -0.15) is 0 Å². The Balaban J connectivity index is 1.57. The lowest BCUT2D eigenvalue weighted by atomic mass is 10.2. The number of pyridine rings is 1. The number of benzene rings is 1. The molecule has 2 aromatic rings. The SMILES string of the molecule is CN=C(NCc1ccccn1)NC1CCN(c2cc(Cl)ccc2OC)C1. The maximum Gasteiger partial charge on any atom is 0.191 e. The zero-order valence-corrected chi connectivity index (χ0v) is 15.8. The van der Waals surface area contributed by atoms with E-state index in [1.165, 1.54) is 0 Å². The van der Waals surface area contributed by atoms with E-state index in [9.17, 15) is 0 Å². The number of rotatable bonds is 5. The first-order chi connectivity index (χ1) is 12.7. The Morgan fingerprint density at radius 2 is 2.27 bits per heavy atom. The Kier molecular flexibility index (Phi) is 6.17. The van der Waals surface area contributed by atoms with Crippen LogP contribution in [0.3, 0.4) is 0 Å². The number of halogens is 1. The summed E-state index contributed by atoms with van der Waals surface area (Å²) < 4.78 is 5.47. The summed E-state index contributed by atoms with van der Waals surface area (Å²) in [5.41, 5.74) is 2.01. The molecule has 138 valence electrons. The second-order valence-electron chi connectivity index (χ2n) is 6.14. The van der Waals surface area contributed by atoms with E-state index in [0.29, 0.717) is 17.6 Å². The second kappa shape index (κ2) is 8.76. The average Bonchev–Trinajstić information content (AvgIpc) is 3.14. The molecule has 7 heteroatoms. The molecule has 0 saturated carbocycles. The Hall–Kier alpha value is -2.47. The van der Waals surface area contributed by atoms with E-state index in [2.05, 4.69) is 25.5 Å². The van der Waals surface area contributed by atoms with Gasteiger partial charge >= 0.3 is 0 Å². The van der Waals surface area contributed by atoms with Crippen LogP contribution in [0.1, 0.15) is 12.1 Å². The van der Waals surface area contributed by atoms with E-state index >= 15 is 0 Å². The van der Waals surface area contributed by atoms with Crippen molar-refractivity contribution in [2.24, 2.45) is 4.99 Å². The van der Waals surface area contributed by atoms with E-state index in [4.69, 9.17) is 16.3 Å². The fourth-order valence-electron chi connectivity index (χ4n) is 3.07. The zero-order valence-electron chi connectivity index (χ0n) is 15.1. The van der Waals surface area contributed by atoms with E-state index in [-0.39, 0.29) is 0 Å². The third kappa shape index (κ3) is 4.58. The molecule has 1 fully saturated rings. The van der Waals surface area contributed by atoms with Crippen LogP contribution < -0.4 is 20.3 Å². The smallest absolute Gasteiger partial charge is 0.191 e. The van der Waals surface area contributed by atoms with Crippen molar-refractivity contribution in [3.8, 4) is 5.75 Å². The van der Waals surface area contributed by atoms with Crippen molar-refractivity contribution in [2.75, 3.05) is 32.1 Å². The fourth-order valence-corrected chi connectivity index (χ4v) is 3.24. The molecule has 0 spiro atoms. The first-order valence-corrected chi connectivity index (χ1v) is 9.03. The van der Waals surface area contributed by atoms with Crippen molar-refractivity contribution >= 4 is 23.2 Å². The minimum atomic E-state index is 0.300. The van der Waals surface area contributed by atoms with E-state index in [1.54, 1.807) is 20.4 Å². The number of guanidine groups is 1. The molecular formula is C19H24ClN5O. The summed E-state index contributed by atoms with van der Waals surface area (Å²) in [5, 5.41) is 7.51. The van der Waals surface area contributed by atoms with Gasteiger partial charge in [0.25, 0.3) is 0 Å². The monoisotopic (exact) mass is 373 g/mol. The number of ether oxygens (including phenoxy) is 1. The molecule has 0 radical (unpaired) electrons. The summed E-state index contributed by atoms with van der Waals surface area (Å²) in [6.45, 7) is 2.44. The topological polar surface area (TPSA) is 61.8 Å². The molecule has 1 aromatic carbocycles. The minimum Gasteiger partial charge on any atom is -0.495 e. The predicted molar refractivity (Wildman–Crippen MR) is 106 cm³/mol. The molecule has 1 aliphatic rings. The molecule has 6 nitrogen and oxygen atoms in total. The number of nitrogens with zero attached hydrogens (tertiary/aromatic N) is 3. The first kappa shape index (κ1) is 18.3. The van der Waals surface area contributed by atoms with Gasteiger partial charge in [-0.15, -0.1) is 0 Å². The van der Waals surface area contributed by atoms with Crippen LogP contribution in [0.2, 0.25) is 5.02 Å². The summed E-state index contributed by atoms with van der Waals surface area (Å²) in [4.78, 5) is 10.9. The van der Waals surface area contributed by atoms with Gasteiger partial charge in [0, 0.05) is 37.4 Å². The van der Waals surface area contributed by atoms with Gasteiger partial charge in [-0.3, -0.25) is 9.98 Å². The van der Waals surface area contributed by atoms with E-state index in [0.717, 1.165) is 42.6 Å². The quantitative estimate of drug-likeness (QED) is 0.623. The molecule has 1 aliphatic heterocycles. The molecule has 1 atom stereocenters. The fraction of sp³-hybridized carbons (Fsp3) is 0.368. The van der Waals surface area contributed by atoms with E-state index in [1.807, 2.05) is 36.4 Å². The molecule has 0 bridgehead atoms. The summed E-state index contributed by atoms with van der Waals surface area (Å²) in [7, 11) is 3.46. The molecule has 3 rings (SSSR count). The van der Waals surface area contributed by atoms with Crippen LogP contribution >= 0.6 is 11.6 Å². The normalized spacial score (nSPS) is 17.3. The summed E-state index contributed by atoms with van der Waals surface area (Å²) in [5.74, 6) is 1.62. The van der Waals surface area contributed by atoms with Crippen LogP contribution in [0, 0.1) is 0 Å². The van der Waals surface area contributed by atoms with Gasteiger partial charge in [-0.1, -0.05) is 17.7 Å². The highest BCUT2D eigenvalue weighted by atomic mass is 35.5. The maximum absolute atomic E-state index is 6.16. The van der Waals surface area contributed by atoms with Crippen LogP contribution in [0.15, 0.2) is 47.6 Å². The summed E-state index contributed by atoms with van der Waals surface area (Å²) in [6.07, 6.45) is 2.81. The number of anilines is 1. The summed E-state index contributed by atoms with van der Waals surface area (Å²) >= 11 is 6.16. The highest BCUT2D eigenvalue weighted by Gasteiger charge is 2.25. The highest BCUT2D eigenvalue weighted by molar-refractivity contribution is 6.30. The van der Waals surface area contributed by atoms with Crippen molar-refractivity contribution in [1.29, 1.82) is 0 Å². The van der Waals surface area contributed by atoms with Crippen molar-refractivity contribution in [1.82, 2.24) is 15.6 Å². The first-order valence-electron chi connectivity index (χ1n) is 8.65.